The summed E-state index contributed by atoms with van der Waals surface area (Å²) >= 11 is 0. The van der Waals surface area contributed by atoms with E-state index in [2.05, 4.69) is 11.6 Å². The molecule has 132 valence electrons. The lowest BCUT2D eigenvalue weighted by molar-refractivity contribution is 0.191. The highest BCUT2D eigenvalue weighted by Gasteiger charge is 2.40. The minimum absolute atomic E-state index is 0. The molecule has 1 aromatic carbocycles. The Bertz CT molecular complexity index is 636. The highest BCUT2D eigenvalue weighted by atomic mass is 35.5. The molecule has 0 radical (unpaired) electrons. The van der Waals surface area contributed by atoms with E-state index in [4.69, 9.17) is 10.5 Å². The molecule has 1 aromatic rings. The van der Waals surface area contributed by atoms with Gasteiger partial charge in [-0.3, -0.25) is 0 Å². The van der Waals surface area contributed by atoms with Crippen molar-refractivity contribution in [2.24, 2.45) is 11.7 Å². The van der Waals surface area contributed by atoms with Crippen LogP contribution >= 0.6 is 12.4 Å². The Hall–Kier alpha value is -0.820. The van der Waals surface area contributed by atoms with Crippen molar-refractivity contribution in [3.8, 4) is 5.75 Å². The van der Waals surface area contributed by atoms with Crippen LogP contribution in [0.15, 0.2) is 23.1 Å². The molecule has 1 aliphatic rings. The summed E-state index contributed by atoms with van der Waals surface area (Å²) in [5.41, 5.74) is 6.20. The van der Waals surface area contributed by atoms with Gasteiger partial charge < -0.3 is 10.5 Å². The average molecular weight is 363 g/mol. The molecule has 5 nitrogen and oxygen atoms in total. The van der Waals surface area contributed by atoms with Gasteiger partial charge in [0.05, 0.1) is 12.0 Å². The number of aryl methyl sites for hydroxylation is 1. The van der Waals surface area contributed by atoms with Gasteiger partial charge >= 0.3 is 0 Å². The van der Waals surface area contributed by atoms with Crippen LogP contribution in [-0.4, -0.2) is 27.6 Å². The maximum Gasteiger partial charge on any atom is 0.241 e. The molecule has 0 saturated heterocycles. The second-order valence-electron chi connectivity index (χ2n) is 6.24. The van der Waals surface area contributed by atoms with Gasteiger partial charge in [0.2, 0.25) is 10.0 Å². The first-order valence-electron chi connectivity index (χ1n) is 7.73. The minimum atomic E-state index is -3.60. The first kappa shape index (κ1) is 20.2. The van der Waals surface area contributed by atoms with E-state index in [0.717, 1.165) is 31.2 Å². The molecule has 0 bridgehead atoms. The lowest BCUT2D eigenvalue weighted by atomic mass is 9.74. The van der Waals surface area contributed by atoms with Gasteiger partial charge in [-0.2, -0.15) is 0 Å². The van der Waals surface area contributed by atoms with Crippen LogP contribution in [0, 0.1) is 12.8 Å². The summed E-state index contributed by atoms with van der Waals surface area (Å²) in [5, 5.41) is 0. The molecule has 2 unspecified atom stereocenters. The first-order valence-corrected chi connectivity index (χ1v) is 9.21. The van der Waals surface area contributed by atoms with E-state index in [1.807, 2.05) is 6.92 Å². The van der Waals surface area contributed by atoms with E-state index in [1.165, 1.54) is 0 Å². The van der Waals surface area contributed by atoms with Crippen molar-refractivity contribution in [3.05, 3.63) is 23.8 Å². The molecule has 0 heterocycles. The summed E-state index contributed by atoms with van der Waals surface area (Å²) in [7, 11) is -2.03. The quantitative estimate of drug-likeness (QED) is 0.843. The normalized spacial score (nSPS) is 24.8. The Labute approximate surface area is 145 Å². The fourth-order valence-corrected chi connectivity index (χ4v) is 4.87. The topological polar surface area (TPSA) is 81.4 Å². The van der Waals surface area contributed by atoms with Crippen molar-refractivity contribution in [1.29, 1.82) is 0 Å². The standard InChI is InChI=1S/C16H26N2O3S.ClH/c1-12-10-14(7-8-15(12)21-3)22(19,20)18-16(11-17)9-5-4-6-13(16)2;/h7-8,10,13,18H,4-6,9,11,17H2,1-3H3;1H. The van der Waals surface area contributed by atoms with E-state index in [-0.39, 0.29) is 23.2 Å². The number of ether oxygens (including phenoxy) is 1. The SMILES string of the molecule is COc1ccc(S(=O)(=O)NC2(CN)CCCCC2C)cc1C.Cl. The van der Waals surface area contributed by atoms with E-state index in [9.17, 15) is 8.42 Å². The number of hydrogen-bond acceptors (Lipinski definition) is 4. The summed E-state index contributed by atoms with van der Waals surface area (Å²) in [6, 6.07) is 4.90. The number of nitrogens with one attached hydrogen (secondary N) is 1. The molecule has 1 aliphatic carbocycles. The van der Waals surface area contributed by atoms with E-state index in [1.54, 1.807) is 25.3 Å². The summed E-state index contributed by atoms with van der Waals surface area (Å²) in [5.74, 6) is 0.916. The van der Waals surface area contributed by atoms with Crippen LogP contribution in [0.1, 0.15) is 38.2 Å². The second-order valence-corrected chi connectivity index (χ2v) is 7.93. The summed E-state index contributed by atoms with van der Waals surface area (Å²) in [6.45, 7) is 4.23. The highest BCUT2D eigenvalue weighted by Crippen LogP contribution is 2.34. The zero-order valence-electron chi connectivity index (χ0n) is 14.0. The molecule has 0 amide bonds. The number of nitrogens with two attached hydrogens (primary N) is 1. The van der Waals surface area contributed by atoms with E-state index in [0.29, 0.717) is 12.3 Å². The van der Waals surface area contributed by atoms with Crippen LogP contribution in [0.25, 0.3) is 0 Å². The van der Waals surface area contributed by atoms with E-state index < -0.39 is 15.6 Å². The molecule has 3 N–H and O–H groups in total. The predicted octanol–water partition coefficient (Wildman–Crippen LogP) is 2.61. The lowest BCUT2D eigenvalue weighted by Gasteiger charge is -2.42. The summed E-state index contributed by atoms with van der Waals surface area (Å²) < 4.78 is 33.6. The van der Waals surface area contributed by atoms with Gasteiger partial charge in [0, 0.05) is 12.1 Å². The van der Waals surface area contributed by atoms with Crippen molar-refractivity contribution >= 4 is 22.4 Å². The average Bonchev–Trinajstić information content (AvgIpc) is 2.49. The largest absolute Gasteiger partial charge is 0.496 e. The van der Waals surface area contributed by atoms with Gasteiger partial charge in [0.15, 0.2) is 0 Å². The van der Waals surface area contributed by atoms with Crippen LogP contribution in [-0.2, 0) is 10.0 Å². The Morgan fingerprint density at radius 1 is 1.39 bits per heavy atom. The van der Waals surface area contributed by atoms with Gasteiger partial charge in [0.25, 0.3) is 0 Å². The molecule has 0 spiro atoms. The van der Waals surface area contributed by atoms with Gasteiger partial charge in [-0.25, -0.2) is 13.1 Å². The Morgan fingerprint density at radius 3 is 2.61 bits per heavy atom. The van der Waals surface area contributed by atoms with Gasteiger partial charge in [-0.1, -0.05) is 19.8 Å². The second kappa shape index (κ2) is 7.83. The number of halogens is 1. The van der Waals surface area contributed by atoms with Crippen LogP contribution in [0.4, 0.5) is 0 Å². The fourth-order valence-electron chi connectivity index (χ4n) is 3.25. The molecule has 23 heavy (non-hydrogen) atoms. The van der Waals surface area contributed by atoms with Crippen molar-refractivity contribution in [3.63, 3.8) is 0 Å². The molecule has 0 aromatic heterocycles. The minimum Gasteiger partial charge on any atom is -0.496 e. The van der Waals surface area contributed by atoms with Crippen molar-refractivity contribution in [2.45, 2.75) is 50.0 Å². The maximum absolute atomic E-state index is 12.8. The Morgan fingerprint density at radius 2 is 2.09 bits per heavy atom. The third kappa shape index (κ3) is 4.18. The van der Waals surface area contributed by atoms with Crippen LogP contribution in [0.2, 0.25) is 0 Å². The monoisotopic (exact) mass is 362 g/mol. The number of benzene rings is 1. The molecule has 2 rings (SSSR count). The van der Waals surface area contributed by atoms with Crippen LogP contribution < -0.4 is 15.2 Å². The zero-order valence-corrected chi connectivity index (χ0v) is 15.6. The smallest absolute Gasteiger partial charge is 0.241 e. The first-order chi connectivity index (χ1) is 10.3. The Balaban J connectivity index is 0.00000264. The lowest BCUT2D eigenvalue weighted by Crippen LogP contribution is -2.58. The fraction of sp³-hybridized carbons (Fsp3) is 0.625. The number of sulfonamides is 1. The van der Waals surface area contributed by atoms with Crippen molar-refractivity contribution < 1.29 is 13.2 Å². The maximum atomic E-state index is 12.8. The number of hydrogen-bond donors (Lipinski definition) is 2. The highest BCUT2D eigenvalue weighted by molar-refractivity contribution is 7.89. The molecule has 0 aliphatic heterocycles. The summed E-state index contributed by atoms with van der Waals surface area (Å²) in [6.07, 6.45) is 3.93. The molecular weight excluding hydrogens is 336 g/mol. The third-order valence-electron chi connectivity index (χ3n) is 4.83. The molecule has 1 saturated carbocycles. The zero-order chi connectivity index (χ0) is 16.4. The number of methoxy groups -OCH3 is 1. The molecule has 7 heteroatoms. The number of rotatable bonds is 5. The molecular formula is C16H27ClN2O3S. The van der Waals surface area contributed by atoms with Gasteiger partial charge in [-0.15, -0.1) is 12.4 Å². The van der Waals surface area contributed by atoms with Gasteiger partial charge in [0.1, 0.15) is 5.75 Å². The summed E-state index contributed by atoms with van der Waals surface area (Å²) in [4.78, 5) is 0.261. The van der Waals surface area contributed by atoms with E-state index >= 15 is 0 Å². The Kier molecular flexibility index (Phi) is 6.89. The van der Waals surface area contributed by atoms with Crippen molar-refractivity contribution in [1.82, 2.24) is 4.72 Å². The third-order valence-corrected chi connectivity index (χ3v) is 6.38. The molecule has 1 fully saturated rings. The van der Waals surface area contributed by atoms with Crippen LogP contribution in [0.3, 0.4) is 0 Å². The molecule has 2 atom stereocenters. The predicted molar refractivity (Wildman–Crippen MR) is 94.7 cm³/mol. The van der Waals surface area contributed by atoms with Crippen molar-refractivity contribution in [2.75, 3.05) is 13.7 Å². The van der Waals surface area contributed by atoms with Gasteiger partial charge in [-0.05, 0) is 49.4 Å². The van der Waals surface area contributed by atoms with Crippen LogP contribution in [0.5, 0.6) is 5.75 Å².